The molecule has 0 aliphatic rings. The second-order valence-corrected chi connectivity index (χ2v) is 4.89. The second kappa shape index (κ2) is 7.51. The average molecular weight is 307 g/mol. The molecule has 7 heteroatoms. The molecule has 1 aromatic carbocycles. The first-order valence-corrected chi connectivity index (χ1v) is 6.52. The second-order valence-electron chi connectivity index (χ2n) is 4.89. The van der Waals surface area contributed by atoms with Gasteiger partial charge in [0.2, 0.25) is 0 Å². The van der Waals surface area contributed by atoms with Gasteiger partial charge in [0.1, 0.15) is 6.61 Å². The van der Waals surface area contributed by atoms with Gasteiger partial charge in [-0.3, -0.25) is 0 Å². The van der Waals surface area contributed by atoms with E-state index in [-0.39, 0.29) is 11.8 Å². The van der Waals surface area contributed by atoms with Crippen LogP contribution >= 0.6 is 0 Å². The molecular formula is C14H20F3NO3. The van der Waals surface area contributed by atoms with Crippen molar-refractivity contribution in [1.29, 1.82) is 0 Å². The van der Waals surface area contributed by atoms with Crippen LogP contribution in [0.3, 0.4) is 0 Å². The van der Waals surface area contributed by atoms with E-state index < -0.39 is 18.9 Å². The fourth-order valence-electron chi connectivity index (χ4n) is 1.53. The number of benzene rings is 1. The highest BCUT2D eigenvalue weighted by molar-refractivity contribution is 5.43. The maximum absolute atomic E-state index is 12.3. The summed E-state index contributed by atoms with van der Waals surface area (Å²) in [5.74, 6) is 0.488. The molecule has 4 nitrogen and oxygen atoms in total. The van der Waals surface area contributed by atoms with Crippen LogP contribution in [0.1, 0.15) is 19.4 Å². The first kappa shape index (κ1) is 17.6. The number of alkyl halides is 3. The number of nitrogens with one attached hydrogen (secondary N) is 1. The van der Waals surface area contributed by atoms with Crippen molar-refractivity contribution >= 4 is 0 Å². The summed E-state index contributed by atoms with van der Waals surface area (Å²) < 4.78 is 46.8. The Labute approximate surface area is 121 Å². The summed E-state index contributed by atoms with van der Waals surface area (Å²) in [6.45, 7) is 3.65. The van der Waals surface area contributed by atoms with Crippen LogP contribution in [0.25, 0.3) is 0 Å². The summed E-state index contributed by atoms with van der Waals surface area (Å²) in [4.78, 5) is 0. The molecule has 0 aromatic heterocycles. The minimum absolute atomic E-state index is 0.170. The minimum Gasteiger partial charge on any atom is -0.493 e. The first-order valence-electron chi connectivity index (χ1n) is 6.52. The van der Waals surface area contributed by atoms with E-state index in [0.29, 0.717) is 12.3 Å². The van der Waals surface area contributed by atoms with Crippen LogP contribution in [0.4, 0.5) is 13.2 Å². The fraction of sp³-hybridized carbons (Fsp3) is 0.571. The lowest BCUT2D eigenvalue weighted by Crippen LogP contribution is -2.34. The monoisotopic (exact) mass is 307 g/mol. The van der Waals surface area contributed by atoms with Gasteiger partial charge in [-0.15, -0.1) is 0 Å². The van der Waals surface area contributed by atoms with Gasteiger partial charge in [-0.05, 0) is 17.7 Å². The summed E-state index contributed by atoms with van der Waals surface area (Å²) >= 11 is 0. The molecule has 0 aliphatic carbocycles. The standard InChI is InChI=1S/C14H20F3NO3/c1-9(2)18-7-10-4-5-11(20-3)12(6-10)21-8-13(19)14(15,16)17/h4-6,9,13,18-19H,7-8H2,1-3H3. The molecule has 0 amide bonds. The van der Waals surface area contributed by atoms with Gasteiger partial charge in [0.05, 0.1) is 7.11 Å². The molecule has 0 heterocycles. The van der Waals surface area contributed by atoms with Gasteiger partial charge < -0.3 is 19.9 Å². The summed E-state index contributed by atoms with van der Waals surface area (Å²) in [6.07, 6.45) is -7.23. The summed E-state index contributed by atoms with van der Waals surface area (Å²) in [5.41, 5.74) is 0.848. The largest absolute Gasteiger partial charge is 0.493 e. The van der Waals surface area contributed by atoms with E-state index in [0.717, 1.165) is 5.56 Å². The zero-order valence-electron chi connectivity index (χ0n) is 12.2. The molecule has 0 radical (unpaired) electrons. The Balaban J connectivity index is 2.76. The van der Waals surface area contributed by atoms with Gasteiger partial charge in [-0.2, -0.15) is 13.2 Å². The Bertz CT molecular complexity index is 450. The molecule has 0 spiro atoms. The SMILES string of the molecule is COc1ccc(CNC(C)C)cc1OCC(O)C(F)(F)F. The van der Waals surface area contributed by atoms with Gasteiger partial charge >= 0.3 is 6.18 Å². The van der Waals surface area contributed by atoms with E-state index in [1.54, 1.807) is 18.2 Å². The van der Waals surface area contributed by atoms with Crippen LogP contribution in [0.2, 0.25) is 0 Å². The normalized spacial score (nSPS) is 13.3. The molecule has 0 saturated carbocycles. The van der Waals surface area contributed by atoms with E-state index in [2.05, 4.69) is 5.32 Å². The average Bonchev–Trinajstić information content (AvgIpc) is 2.41. The van der Waals surface area contributed by atoms with Gasteiger partial charge in [0.15, 0.2) is 17.6 Å². The number of aliphatic hydroxyl groups excluding tert-OH is 1. The topological polar surface area (TPSA) is 50.7 Å². The van der Waals surface area contributed by atoms with Crippen LogP contribution in [0, 0.1) is 0 Å². The van der Waals surface area contributed by atoms with Crippen LogP contribution in [0.15, 0.2) is 18.2 Å². The molecule has 0 aliphatic heterocycles. The van der Waals surface area contributed by atoms with Crippen LogP contribution in [-0.4, -0.2) is 37.1 Å². The lowest BCUT2D eigenvalue weighted by Gasteiger charge is -2.17. The van der Waals surface area contributed by atoms with E-state index in [1.165, 1.54) is 7.11 Å². The molecule has 1 atom stereocenters. The third kappa shape index (κ3) is 5.81. The highest BCUT2D eigenvalue weighted by Crippen LogP contribution is 2.29. The molecule has 2 N–H and O–H groups in total. The molecule has 120 valence electrons. The van der Waals surface area contributed by atoms with Gasteiger partial charge in [-0.1, -0.05) is 19.9 Å². The van der Waals surface area contributed by atoms with Crippen molar-refractivity contribution in [3.63, 3.8) is 0 Å². The van der Waals surface area contributed by atoms with E-state index in [1.807, 2.05) is 13.8 Å². The van der Waals surface area contributed by atoms with Crippen LogP contribution in [-0.2, 0) is 6.54 Å². The summed E-state index contributed by atoms with van der Waals surface area (Å²) in [6, 6.07) is 5.29. The third-order valence-electron chi connectivity index (χ3n) is 2.72. The predicted molar refractivity (Wildman–Crippen MR) is 72.5 cm³/mol. The number of ether oxygens (including phenoxy) is 2. The van der Waals surface area contributed by atoms with Crippen LogP contribution in [0.5, 0.6) is 11.5 Å². The quantitative estimate of drug-likeness (QED) is 0.812. The zero-order valence-corrected chi connectivity index (χ0v) is 12.2. The summed E-state index contributed by atoms with van der Waals surface area (Å²) in [7, 11) is 1.40. The van der Waals surface area contributed by atoms with Crippen LogP contribution < -0.4 is 14.8 Å². The van der Waals surface area contributed by atoms with Crippen molar-refractivity contribution < 1.29 is 27.8 Å². The van der Waals surface area contributed by atoms with Crippen molar-refractivity contribution in [3.8, 4) is 11.5 Å². The van der Waals surface area contributed by atoms with Crippen molar-refractivity contribution in [2.45, 2.75) is 38.7 Å². The third-order valence-corrected chi connectivity index (χ3v) is 2.72. The number of halogens is 3. The van der Waals surface area contributed by atoms with E-state index >= 15 is 0 Å². The lowest BCUT2D eigenvalue weighted by molar-refractivity contribution is -0.210. The number of methoxy groups -OCH3 is 1. The molecule has 1 aromatic rings. The summed E-state index contributed by atoms with van der Waals surface area (Å²) in [5, 5.41) is 12.1. The fourth-order valence-corrected chi connectivity index (χ4v) is 1.53. The Morgan fingerprint density at radius 3 is 2.43 bits per heavy atom. The Morgan fingerprint density at radius 1 is 1.24 bits per heavy atom. The predicted octanol–water partition coefficient (Wildman–Crippen LogP) is 2.50. The number of hydrogen-bond donors (Lipinski definition) is 2. The maximum Gasteiger partial charge on any atom is 0.417 e. The van der Waals surface area contributed by atoms with Crippen molar-refractivity contribution in [3.05, 3.63) is 23.8 Å². The highest BCUT2D eigenvalue weighted by atomic mass is 19.4. The van der Waals surface area contributed by atoms with Gasteiger partial charge in [0, 0.05) is 12.6 Å². The number of hydrogen-bond acceptors (Lipinski definition) is 4. The number of rotatable bonds is 7. The van der Waals surface area contributed by atoms with E-state index in [9.17, 15) is 13.2 Å². The van der Waals surface area contributed by atoms with E-state index in [4.69, 9.17) is 14.6 Å². The zero-order chi connectivity index (χ0) is 16.0. The molecule has 0 saturated heterocycles. The molecule has 0 fully saturated rings. The van der Waals surface area contributed by atoms with Crippen molar-refractivity contribution in [1.82, 2.24) is 5.32 Å². The lowest BCUT2D eigenvalue weighted by atomic mass is 10.2. The molecular weight excluding hydrogens is 287 g/mol. The van der Waals surface area contributed by atoms with Crippen molar-refractivity contribution in [2.75, 3.05) is 13.7 Å². The molecule has 21 heavy (non-hydrogen) atoms. The Hall–Kier alpha value is -1.47. The Kier molecular flexibility index (Phi) is 6.29. The smallest absolute Gasteiger partial charge is 0.417 e. The highest BCUT2D eigenvalue weighted by Gasteiger charge is 2.38. The number of aliphatic hydroxyl groups is 1. The minimum atomic E-state index is -4.70. The van der Waals surface area contributed by atoms with Gasteiger partial charge in [-0.25, -0.2) is 0 Å². The first-order chi connectivity index (χ1) is 9.74. The van der Waals surface area contributed by atoms with Crippen molar-refractivity contribution in [2.24, 2.45) is 0 Å². The molecule has 1 rings (SSSR count). The molecule has 1 unspecified atom stereocenters. The molecule has 0 bridgehead atoms. The maximum atomic E-state index is 12.3. The van der Waals surface area contributed by atoms with Gasteiger partial charge in [0.25, 0.3) is 0 Å². The Morgan fingerprint density at radius 2 is 1.90 bits per heavy atom.